The largest absolute Gasteiger partial charge is 0.481 e. The molecule has 0 aromatic carbocycles. The topological polar surface area (TPSA) is 102 Å². The Hall–Kier alpha value is -2.44. The summed E-state index contributed by atoms with van der Waals surface area (Å²) in [5.74, 6) is 2.62. The predicted octanol–water partition coefficient (Wildman–Crippen LogP) is 7.61. The summed E-state index contributed by atoms with van der Waals surface area (Å²) in [5.41, 5.74) is 1.65. The van der Waals surface area contributed by atoms with E-state index in [9.17, 15) is 14.7 Å². The van der Waals surface area contributed by atoms with Crippen LogP contribution in [0.1, 0.15) is 68.1 Å². The third kappa shape index (κ3) is 5.52. The van der Waals surface area contributed by atoms with Crippen LogP contribution in [0.2, 0.25) is 10.0 Å². The second kappa shape index (κ2) is 12.1. The first-order valence-corrected chi connectivity index (χ1v) is 19.9. The lowest BCUT2D eigenvalue weighted by molar-refractivity contribution is -0.142. The molecule has 2 atom stereocenters. The Morgan fingerprint density at radius 1 is 0.958 bits per heavy atom. The number of thiophene rings is 1. The molecule has 0 spiro atoms. The number of thiazole rings is 1. The molecule has 4 aliphatic carbocycles. The van der Waals surface area contributed by atoms with Crippen molar-refractivity contribution in [3.05, 3.63) is 39.3 Å². The van der Waals surface area contributed by atoms with Crippen LogP contribution in [0.25, 0.3) is 10.6 Å². The van der Waals surface area contributed by atoms with Crippen LogP contribution >= 0.6 is 45.9 Å². The number of halogens is 2. The minimum Gasteiger partial charge on any atom is -0.481 e. The standard InChI is InChI=1S/C35H40Cl2N6O3S2/c36-25-11-28(47-18-25)29-32(42-16-23-3-6-43(27(23)17-42)35-12-19-7-20(13-35)9-21(8-19)14-35)48-34(39-29)40-31(44)24-10-26(37)30(38-15-24)41-4-1-22(2-5-41)33(45)46/h10-11,15,18-23,27H,1-9,12-14,16-17H2,(H,45,46)(H,39,40,44). The number of rotatable bonds is 7. The molecule has 3 aromatic heterocycles. The Balaban J connectivity index is 0.936. The number of anilines is 3. The number of aromatic nitrogens is 2. The van der Waals surface area contributed by atoms with Crippen molar-refractivity contribution >= 4 is 73.7 Å². The smallest absolute Gasteiger partial charge is 0.306 e. The summed E-state index contributed by atoms with van der Waals surface area (Å²) in [6.45, 7) is 4.37. The molecule has 3 aliphatic heterocycles. The third-order valence-corrected chi connectivity index (χ3v) is 14.9. The number of aliphatic carboxylic acids is 1. The van der Waals surface area contributed by atoms with Crippen LogP contribution in [0.5, 0.6) is 0 Å². The lowest BCUT2D eigenvalue weighted by atomic mass is 9.52. The number of piperidine rings is 1. The quantitative estimate of drug-likeness (QED) is 0.257. The van der Waals surface area contributed by atoms with E-state index in [4.69, 9.17) is 28.2 Å². The number of amides is 1. The van der Waals surface area contributed by atoms with Crippen molar-refractivity contribution in [2.45, 2.75) is 69.4 Å². The summed E-state index contributed by atoms with van der Waals surface area (Å²) in [6.07, 6.45) is 12.5. The number of hydrogen-bond acceptors (Lipinski definition) is 9. The first kappa shape index (κ1) is 31.5. The van der Waals surface area contributed by atoms with Gasteiger partial charge in [-0.15, -0.1) is 11.3 Å². The normalized spacial score (nSPS) is 31.5. The number of carbonyl (C=O) groups excluding carboxylic acids is 1. The van der Waals surface area contributed by atoms with Gasteiger partial charge in [-0.2, -0.15) is 0 Å². The van der Waals surface area contributed by atoms with Crippen LogP contribution < -0.4 is 15.1 Å². The molecular weight excluding hydrogens is 687 g/mol. The fraction of sp³-hybridized carbons (Fsp3) is 0.600. The zero-order valence-corrected chi connectivity index (χ0v) is 29.9. The second-order valence-corrected chi connectivity index (χ2v) is 18.0. The minimum absolute atomic E-state index is 0.317. The predicted molar refractivity (Wildman–Crippen MR) is 192 cm³/mol. The van der Waals surface area contributed by atoms with Crippen molar-refractivity contribution in [2.75, 3.05) is 47.8 Å². The molecule has 48 heavy (non-hydrogen) atoms. The summed E-state index contributed by atoms with van der Waals surface area (Å²) in [6, 6.07) is 4.18. The van der Waals surface area contributed by atoms with Crippen molar-refractivity contribution in [1.29, 1.82) is 0 Å². The van der Waals surface area contributed by atoms with E-state index in [-0.39, 0.29) is 11.8 Å². The number of carboxylic acid groups (broad SMARTS) is 1. The molecule has 7 fully saturated rings. The summed E-state index contributed by atoms with van der Waals surface area (Å²) in [4.78, 5) is 42.9. The highest BCUT2D eigenvalue weighted by atomic mass is 35.5. The van der Waals surface area contributed by atoms with Gasteiger partial charge >= 0.3 is 5.97 Å². The van der Waals surface area contributed by atoms with Gasteiger partial charge in [0.2, 0.25) is 0 Å². The summed E-state index contributed by atoms with van der Waals surface area (Å²) >= 11 is 16.1. The van der Waals surface area contributed by atoms with Gasteiger partial charge in [-0.1, -0.05) is 34.5 Å². The summed E-state index contributed by atoms with van der Waals surface area (Å²) < 4.78 is 0. The number of carbonyl (C=O) groups is 2. The molecular formula is C35H40Cl2N6O3S2. The van der Waals surface area contributed by atoms with Crippen molar-refractivity contribution in [3.8, 4) is 10.6 Å². The molecule has 0 radical (unpaired) electrons. The van der Waals surface area contributed by atoms with Gasteiger partial charge in [0.05, 0.1) is 26.4 Å². The van der Waals surface area contributed by atoms with E-state index < -0.39 is 5.97 Å². The fourth-order valence-electron chi connectivity index (χ4n) is 10.6. The van der Waals surface area contributed by atoms with Crippen molar-refractivity contribution in [2.24, 2.45) is 29.6 Å². The molecule has 4 bridgehead atoms. The highest BCUT2D eigenvalue weighted by Gasteiger charge is 2.58. The zero-order valence-electron chi connectivity index (χ0n) is 26.7. The molecule has 3 saturated heterocycles. The molecule has 3 aromatic rings. The maximum absolute atomic E-state index is 13.5. The molecule has 4 saturated carbocycles. The number of hydrogen-bond donors (Lipinski definition) is 2. The molecule has 7 aliphatic rings. The fourth-order valence-corrected chi connectivity index (χ4v) is 13.0. The lowest BCUT2D eigenvalue weighted by Crippen LogP contribution is -2.61. The van der Waals surface area contributed by atoms with Crippen LogP contribution in [0.15, 0.2) is 23.7 Å². The Morgan fingerprint density at radius 3 is 2.33 bits per heavy atom. The maximum atomic E-state index is 13.5. The van der Waals surface area contributed by atoms with Gasteiger partial charge in [0.25, 0.3) is 5.91 Å². The monoisotopic (exact) mass is 726 g/mol. The molecule has 1 amide bonds. The first-order valence-electron chi connectivity index (χ1n) is 17.4. The maximum Gasteiger partial charge on any atom is 0.306 e. The van der Waals surface area contributed by atoms with E-state index >= 15 is 0 Å². The Bertz CT molecular complexity index is 1720. The number of fused-ring (bicyclic) bond motifs is 1. The van der Waals surface area contributed by atoms with E-state index in [0.29, 0.717) is 70.0 Å². The first-order chi connectivity index (χ1) is 23.2. The molecule has 254 valence electrons. The summed E-state index contributed by atoms with van der Waals surface area (Å²) in [5, 5.41) is 17.0. The van der Waals surface area contributed by atoms with E-state index in [1.54, 1.807) is 17.4 Å². The van der Waals surface area contributed by atoms with Crippen molar-refractivity contribution < 1.29 is 14.7 Å². The second-order valence-electron chi connectivity index (χ2n) is 15.2. The van der Waals surface area contributed by atoms with Gasteiger partial charge in [0, 0.05) is 49.3 Å². The number of carboxylic acids is 1. The Morgan fingerprint density at radius 2 is 1.69 bits per heavy atom. The molecule has 2 N–H and O–H groups in total. The lowest BCUT2D eigenvalue weighted by Gasteiger charge is -2.61. The molecule has 10 rings (SSSR count). The zero-order chi connectivity index (χ0) is 32.7. The van der Waals surface area contributed by atoms with Gasteiger partial charge in [-0.3, -0.25) is 19.8 Å². The molecule has 2 unspecified atom stereocenters. The van der Waals surface area contributed by atoms with Crippen LogP contribution in [0, 0.1) is 29.6 Å². The van der Waals surface area contributed by atoms with Gasteiger partial charge in [0.1, 0.15) is 16.5 Å². The highest BCUT2D eigenvalue weighted by Crippen LogP contribution is 2.60. The highest BCUT2D eigenvalue weighted by molar-refractivity contribution is 7.21. The van der Waals surface area contributed by atoms with Gasteiger partial charge in [-0.05, 0) is 100 Å². The number of nitrogens with one attached hydrogen (secondary N) is 1. The molecule has 13 heteroatoms. The van der Waals surface area contributed by atoms with Crippen LogP contribution in [0.3, 0.4) is 0 Å². The van der Waals surface area contributed by atoms with E-state index in [2.05, 4.69) is 20.1 Å². The minimum atomic E-state index is -0.761. The number of nitrogens with zero attached hydrogens (tertiary/aromatic N) is 5. The molecule has 9 nitrogen and oxygen atoms in total. The Labute approximate surface area is 298 Å². The van der Waals surface area contributed by atoms with Crippen LogP contribution in [0.4, 0.5) is 16.0 Å². The van der Waals surface area contributed by atoms with Crippen molar-refractivity contribution in [3.63, 3.8) is 0 Å². The van der Waals surface area contributed by atoms with Gasteiger partial charge < -0.3 is 14.9 Å². The van der Waals surface area contributed by atoms with Crippen molar-refractivity contribution in [1.82, 2.24) is 14.9 Å². The average Bonchev–Trinajstić information content (AvgIpc) is 3.84. The van der Waals surface area contributed by atoms with E-state index in [1.807, 2.05) is 16.3 Å². The third-order valence-electron chi connectivity index (χ3n) is 12.3. The van der Waals surface area contributed by atoms with E-state index in [1.165, 1.54) is 69.0 Å². The SMILES string of the molecule is O=C(Nc1nc(-c2cc(Cl)cs2)c(N2CC3CCN(C45CC6CC(CC(C6)C4)C5)C3C2)s1)c1cnc(N2CCC(C(=O)O)CC2)c(Cl)c1. The van der Waals surface area contributed by atoms with Gasteiger partial charge in [0.15, 0.2) is 5.13 Å². The van der Waals surface area contributed by atoms with E-state index in [0.717, 1.165) is 46.4 Å². The van der Waals surface area contributed by atoms with Crippen LogP contribution in [-0.2, 0) is 4.79 Å². The average molecular weight is 728 g/mol. The Kier molecular flexibility index (Phi) is 7.96. The summed E-state index contributed by atoms with van der Waals surface area (Å²) in [7, 11) is 0. The number of pyridine rings is 1. The van der Waals surface area contributed by atoms with Gasteiger partial charge in [-0.25, -0.2) is 9.97 Å². The number of likely N-dealkylation sites (tertiary alicyclic amines) is 1. The molecule has 6 heterocycles. The van der Waals surface area contributed by atoms with Crippen LogP contribution in [-0.4, -0.2) is 76.2 Å².